The maximum Gasteiger partial charge on any atom is 0.323 e. The van der Waals surface area contributed by atoms with Crippen molar-refractivity contribution in [3.63, 3.8) is 0 Å². The molecule has 0 fully saturated rings. The fourth-order valence-corrected chi connectivity index (χ4v) is 1.93. The van der Waals surface area contributed by atoms with E-state index < -0.39 is 0 Å². The molecule has 1 aliphatic rings. The highest BCUT2D eigenvalue weighted by Gasteiger charge is 2.26. The molecule has 1 aromatic rings. The van der Waals surface area contributed by atoms with Crippen LogP contribution >= 0.6 is 0 Å². The highest BCUT2D eigenvalue weighted by atomic mass is 16.6. The molecular weight excluding hydrogens is 246 g/mol. The summed E-state index contributed by atoms with van der Waals surface area (Å²) in [7, 11) is 0. The Morgan fingerprint density at radius 2 is 2.26 bits per heavy atom. The van der Waals surface area contributed by atoms with Crippen LogP contribution in [0.4, 0.5) is 0 Å². The first-order valence-electron chi connectivity index (χ1n) is 6.51. The number of nitrogens with one attached hydrogen (secondary N) is 2. The number of fused-ring (bicyclic) bond motifs is 1. The number of hydrogen-bond acceptors (Lipinski definition) is 5. The maximum absolute atomic E-state index is 11.9. The van der Waals surface area contributed by atoms with Crippen molar-refractivity contribution < 1.29 is 14.3 Å². The number of aromatic nitrogens is 2. The summed E-state index contributed by atoms with van der Waals surface area (Å²) in [6.07, 6.45) is 2.22. The number of nitrogens with zero attached hydrogens (tertiary/aromatic N) is 1. The number of hydrogen-bond donors (Lipinski definition) is 2. The lowest BCUT2D eigenvalue weighted by Crippen LogP contribution is -2.43. The molecule has 0 radical (unpaired) electrons. The van der Waals surface area contributed by atoms with Crippen LogP contribution in [-0.4, -0.2) is 40.8 Å². The van der Waals surface area contributed by atoms with E-state index in [9.17, 15) is 4.79 Å². The molecule has 6 heteroatoms. The summed E-state index contributed by atoms with van der Waals surface area (Å²) in [6, 6.07) is -0.314. The highest BCUT2D eigenvalue weighted by molar-refractivity contribution is 5.76. The Morgan fingerprint density at radius 1 is 1.47 bits per heavy atom. The molecule has 1 aromatic heterocycles. The van der Waals surface area contributed by atoms with E-state index in [-0.39, 0.29) is 24.2 Å². The second-order valence-electron chi connectivity index (χ2n) is 5.59. The Labute approximate surface area is 112 Å². The quantitative estimate of drug-likeness (QED) is 0.623. The lowest BCUT2D eigenvalue weighted by molar-refractivity contribution is -0.149. The van der Waals surface area contributed by atoms with Gasteiger partial charge in [0.05, 0.1) is 29.9 Å². The molecule has 0 spiro atoms. The van der Waals surface area contributed by atoms with E-state index in [1.54, 1.807) is 6.33 Å². The van der Waals surface area contributed by atoms with Crippen LogP contribution in [0.25, 0.3) is 0 Å². The van der Waals surface area contributed by atoms with Crippen molar-refractivity contribution in [1.82, 2.24) is 15.3 Å². The van der Waals surface area contributed by atoms with E-state index in [2.05, 4.69) is 15.3 Å². The lowest BCUT2D eigenvalue weighted by atomic mass is 10.1. The number of rotatable bonds is 4. The van der Waals surface area contributed by atoms with Gasteiger partial charge in [0.2, 0.25) is 0 Å². The number of carbonyl (C=O) groups excluding carboxylic acids is 1. The van der Waals surface area contributed by atoms with Crippen LogP contribution in [0, 0.1) is 0 Å². The highest BCUT2D eigenvalue weighted by Crippen LogP contribution is 2.13. The first-order chi connectivity index (χ1) is 8.96. The molecule has 0 bridgehead atoms. The number of H-pyrrole nitrogens is 1. The Morgan fingerprint density at radius 3 is 3.00 bits per heavy atom. The number of imidazole rings is 1. The van der Waals surface area contributed by atoms with E-state index in [4.69, 9.17) is 9.47 Å². The first-order valence-corrected chi connectivity index (χ1v) is 6.51. The van der Waals surface area contributed by atoms with Gasteiger partial charge in [-0.1, -0.05) is 0 Å². The fourth-order valence-electron chi connectivity index (χ4n) is 1.93. The number of carbonyl (C=O) groups is 1. The standard InChI is InChI=1S/C13H21N3O3/c1-13(2,3)19-5-4-18-12(17)10-6-9-11(7-14-10)16-8-15-9/h8,10,14H,4-7H2,1-3H3,(H,15,16). The van der Waals surface area contributed by atoms with Crippen molar-refractivity contribution in [2.24, 2.45) is 0 Å². The summed E-state index contributed by atoms with van der Waals surface area (Å²) in [5.74, 6) is -0.244. The largest absolute Gasteiger partial charge is 0.462 e. The molecule has 6 nitrogen and oxygen atoms in total. The van der Waals surface area contributed by atoms with Gasteiger partial charge in [-0.3, -0.25) is 10.1 Å². The molecule has 1 atom stereocenters. The lowest BCUT2D eigenvalue weighted by Gasteiger charge is -2.22. The van der Waals surface area contributed by atoms with Crippen LogP contribution < -0.4 is 5.32 Å². The zero-order valence-corrected chi connectivity index (χ0v) is 11.7. The molecule has 1 unspecified atom stereocenters. The second-order valence-corrected chi connectivity index (χ2v) is 5.59. The Hall–Kier alpha value is -1.40. The predicted molar refractivity (Wildman–Crippen MR) is 69.6 cm³/mol. The molecular formula is C13H21N3O3. The van der Waals surface area contributed by atoms with Crippen LogP contribution in [0.3, 0.4) is 0 Å². The number of aromatic amines is 1. The van der Waals surface area contributed by atoms with Crippen molar-refractivity contribution >= 4 is 5.97 Å². The molecule has 0 aromatic carbocycles. The van der Waals surface area contributed by atoms with Crippen LogP contribution in [0.5, 0.6) is 0 Å². The zero-order valence-electron chi connectivity index (χ0n) is 11.7. The topological polar surface area (TPSA) is 76.2 Å². The van der Waals surface area contributed by atoms with Crippen LogP contribution in [0.15, 0.2) is 6.33 Å². The van der Waals surface area contributed by atoms with Gasteiger partial charge in [0.1, 0.15) is 12.6 Å². The summed E-state index contributed by atoms with van der Waals surface area (Å²) in [5.41, 5.74) is 1.77. The van der Waals surface area contributed by atoms with Crippen molar-refractivity contribution in [3.05, 3.63) is 17.7 Å². The predicted octanol–water partition coefficient (Wildman–Crippen LogP) is 0.782. The van der Waals surface area contributed by atoms with Gasteiger partial charge in [-0.05, 0) is 20.8 Å². The van der Waals surface area contributed by atoms with Gasteiger partial charge in [-0.15, -0.1) is 0 Å². The molecule has 0 amide bonds. The van der Waals surface area contributed by atoms with Crippen LogP contribution in [0.2, 0.25) is 0 Å². The summed E-state index contributed by atoms with van der Waals surface area (Å²) in [5, 5.41) is 3.13. The summed E-state index contributed by atoms with van der Waals surface area (Å²) < 4.78 is 10.7. The van der Waals surface area contributed by atoms with Gasteiger partial charge in [0.15, 0.2) is 0 Å². The SMILES string of the molecule is CC(C)(C)OCCOC(=O)C1Cc2nc[nH]c2CN1. The average Bonchev–Trinajstić information content (AvgIpc) is 2.80. The van der Waals surface area contributed by atoms with Gasteiger partial charge in [0.25, 0.3) is 0 Å². The Balaban J connectivity index is 1.73. The molecule has 19 heavy (non-hydrogen) atoms. The molecule has 0 aliphatic carbocycles. The van der Waals surface area contributed by atoms with E-state index in [1.165, 1.54) is 0 Å². The molecule has 0 saturated carbocycles. The third-order valence-corrected chi connectivity index (χ3v) is 2.88. The smallest absolute Gasteiger partial charge is 0.323 e. The second kappa shape index (κ2) is 5.71. The molecule has 0 saturated heterocycles. The Kier molecular flexibility index (Phi) is 4.21. The van der Waals surface area contributed by atoms with Crippen molar-refractivity contribution in [2.75, 3.05) is 13.2 Å². The van der Waals surface area contributed by atoms with Gasteiger partial charge < -0.3 is 14.5 Å². The van der Waals surface area contributed by atoms with E-state index in [1.807, 2.05) is 20.8 Å². The van der Waals surface area contributed by atoms with E-state index in [0.717, 1.165) is 11.4 Å². The van der Waals surface area contributed by atoms with Gasteiger partial charge in [0, 0.05) is 13.0 Å². The normalized spacial score (nSPS) is 19.0. The summed E-state index contributed by atoms with van der Waals surface area (Å²) >= 11 is 0. The average molecular weight is 267 g/mol. The summed E-state index contributed by atoms with van der Waals surface area (Å²) in [6.45, 7) is 7.22. The van der Waals surface area contributed by atoms with Crippen LogP contribution in [0.1, 0.15) is 32.2 Å². The minimum atomic E-state index is -0.314. The first kappa shape index (κ1) is 14.0. The molecule has 2 heterocycles. The summed E-state index contributed by atoms with van der Waals surface area (Å²) in [4.78, 5) is 19.1. The van der Waals surface area contributed by atoms with E-state index in [0.29, 0.717) is 19.6 Å². The van der Waals surface area contributed by atoms with Crippen molar-refractivity contribution in [2.45, 2.75) is 45.4 Å². The fraction of sp³-hybridized carbons (Fsp3) is 0.692. The van der Waals surface area contributed by atoms with Gasteiger partial charge in [-0.2, -0.15) is 0 Å². The third kappa shape index (κ3) is 4.04. The van der Waals surface area contributed by atoms with Gasteiger partial charge >= 0.3 is 5.97 Å². The third-order valence-electron chi connectivity index (χ3n) is 2.88. The Bertz CT molecular complexity index is 437. The number of esters is 1. The number of ether oxygens (including phenoxy) is 2. The van der Waals surface area contributed by atoms with Crippen molar-refractivity contribution in [3.8, 4) is 0 Å². The minimum absolute atomic E-state index is 0.209. The monoisotopic (exact) mass is 267 g/mol. The maximum atomic E-state index is 11.9. The minimum Gasteiger partial charge on any atom is -0.462 e. The van der Waals surface area contributed by atoms with E-state index >= 15 is 0 Å². The molecule has 2 rings (SSSR count). The molecule has 1 aliphatic heterocycles. The molecule has 2 N–H and O–H groups in total. The van der Waals surface area contributed by atoms with Gasteiger partial charge in [-0.25, -0.2) is 4.98 Å². The van der Waals surface area contributed by atoms with Crippen LogP contribution in [-0.2, 0) is 27.2 Å². The molecule has 106 valence electrons. The van der Waals surface area contributed by atoms with Crippen molar-refractivity contribution in [1.29, 1.82) is 0 Å². The zero-order chi connectivity index (χ0) is 13.9.